The van der Waals surface area contributed by atoms with Crippen molar-refractivity contribution in [3.8, 4) is 11.5 Å². The van der Waals surface area contributed by atoms with E-state index in [1.165, 1.54) is 33.1 Å². The molecule has 12 heteroatoms. The number of ether oxygens (including phenoxy) is 3. The Hall–Kier alpha value is -3.64. The molecule has 0 saturated carbocycles. The van der Waals surface area contributed by atoms with E-state index in [9.17, 15) is 32.7 Å². The van der Waals surface area contributed by atoms with Gasteiger partial charge in [0.15, 0.2) is 18.5 Å². The number of rotatable bonds is 14. The molecule has 0 heterocycles. The summed E-state index contributed by atoms with van der Waals surface area (Å²) >= 11 is 0. The molecule has 1 amide bonds. The molecule has 0 bridgehead atoms. The monoisotopic (exact) mass is 610 g/mol. The van der Waals surface area contributed by atoms with E-state index < -0.39 is 65.9 Å². The van der Waals surface area contributed by atoms with Gasteiger partial charge >= 0.3 is 12.1 Å². The van der Waals surface area contributed by atoms with Gasteiger partial charge in [0.25, 0.3) is 0 Å². The van der Waals surface area contributed by atoms with Crippen molar-refractivity contribution in [1.29, 1.82) is 0 Å². The summed E-state index contributed by atoms with van der Waals surface area (Å²) in [7, 11) is 1.45. The van der Waals surface area contributed by atoms with Gasteiger partial charge in [-0.25, -0.2) is 4.79 Å². The van der Waals surface area contributed by atoms with Crippen LogP contribution >= 0.6 is 0 Å². The highest BCUT2D eigenvalue weighted by atomic mass is 19.4. The summed E-state index contributed by atoms with van der Waals surface area (Å²) in [5.41, 5.74) is 6.49. The van der Waals surface area contributed by atoms with Crippen molar-refractivity contribution in [2.45, 2.75) is 77.4 Å². The first kappa shape index (κ1) is 35.6. The average molecular weight is 611 g/mol. The Labute approximate surface area is 249 Å². The molecule has 2 rings (SSSR count). The Morgan fingerprint density at radius 1 is 0.953 bits per heavy atom. The summed E-state index contributed by atoms with van der Waals surface area (Å²) < 4.78 is 55.7. The predicted octanol–water partition coefficient (Wildman–Crippen LogP) is 4.30. The number of amides is 1. The fourth-order valence-electron chi connectivity index (χ4n) is 4.28. The average Bonchev–Trinajstić information content (AvgIpc) is 2.92. The third-order valence-corrected chi connectivity index (χ3v) is 6.58. The van der Waals surface area contributed by atoms with Gasteiger partial charge in [0.2, 0.25) is 5.91 Å². The highest BCUT2D eigenvalue weighted by Gasteiger charge is 2.45. The summed E-state index contributed by atoms with van der Waals surface area (Å²) in [4.78, 5) is 38.3. The lowest BCUT2D eigenvalue weighted by Gasteiger charge is -2.29. The van der Waals surface area contributed by atoms with E-state index >= 15 is 0 Å². The quantitative estimate of drug-likeness (QED) is 0.270. The number of aliphatic hydroxyl groups is 1. The Bertz CT molecular complexity index is 1210. The molecule has 2 aromatic carbocycles. The minimum Gasteiger partial charge on any atom is -0.497 e. The first-order valence-electron chi connectivity index (χ1n) is 13.8. The minimum atomic E-state index is -4.91. The van der Waals surface area contributed by atoms with Crippen molar-refractivity contribution in [3.63, 3.8) is 0 Å². The molecule has 0 spiro atoms. The number of ketones is 1. The van der Waals surface area contributed by atoms with Crippen molar-refractivity contribution in [1.82, 2.24) is 5.32 Å². The van der Waals surface area contributed by atoms with E-state index in [-0.39, 0.29) is 13.0 Å². The van der Waals surface area contributed by atoms with Crippen LogP contribution in [0.1, 0.15) is 58.2 Å². The predicted molar refractivity (Wildman–Crippen MR) is 153 cm³/mol. The molecule has 0 aliphatic rings. The molecular formula is C31H41F3N2O7. The van der Waals surface area contributed by atoms with Gasteiger partial charge in [0, 0.05) is 12.3 Å². The second kappa shape index (κ2) is 15.2. The van der Waals surface area contributed by atoms with Crippen molar-refractivity contribution in [2.24, 2.45) is 17.6 Å². The maximum absolute atomic E-state index is 13.4. The summed E-state index contributed by atoms with van der Waals surface area (Å²) in [5, 5.41) is 12.5. The number of alkyl halides is 3. The zero-order chi connectivity index (χ0) is 32.5. The first-order valence-corrected chi connectivity index (χ1v) is 13.8. The van der Waals surface area contributed by atoms with Crippen LogP contribution in [0.3, 0.4) is 0 Å². The molecule has 43 heavy (non-hydrogen) atoms. The fourth-order valence-corrected chi connectivity index (χ4v) is 4.28. The number of aliphatic hydroxyl groups excluding tert-OH is 1. The SMILES string of the molecule is COc1ccc([C@H](NC(=O)[C@@H](N)Cc2ccc(OCC(=O)OC(C)(C)C)cc2)C(=O)C[C@@H](C(C)C)[C@H](O)C(F)(F)F)cc1. The largest absolute Gasteiger partial charge is 0.497 e. The molecule has 0 radical (unpaired) electrons. The number of hydrogen-bond donors (Lipinski definition) is 3. The number of carbonyl (C=O) groups is 3. The molecular weight excluding hydrogens is 569 g/mol. The van der Waals surface area contributed by atoms with E-state index in [0.717, 1.165) is 0 Å². The van der Waals surface area contributed by atoms with Crippen LogP contribution in [0.15, 0.2) is 48.5 Å². The van der Waals surface area contributed by atoms with Crippen LogP contribution in [-0.2, 0) is 25.5 Å². The van der Waals surface area contributed by atoms with Crippen LogP contribution in [0.2, 0.25) is 0 Å². The molecule has 0 aliphatic carbocycles. The number of methoxy groups -OCH3 is 1. The fraction of sp³-hybridized carbons (Fsp3) is 0.516. The normalized spacial score (nSPS) is 14.8. The smallest absolute Gasteiger partial charge is 0.414 e. The topological polar surface area (TPSA) is 137 Å². The highest BCUT2D eigenvalue weighted by Crippen LogP contribution is 2.33. The Morgan fingerprint density at radius 2 is 1.51 bits per heavy atom. The highest BCUT2D eigenvalue weighted by molar-refractivity contribution is 5.92. The van der Waals surface area contributed by atoms with E-state index in [0.29, 0.717) is 22.6 Å². The number of hydrogen-bond acceptors (Lipinski definition) is 8. The Kier molecular flexibility index (Phi) is 12.6. The van der Waals surface area contributed by atoms with Crippen LogP contribution in [0.5, 0.6) is 11.5 Å². The maximum Gasteiger partial charge on any atom is 0.414 e. The molecule has 0 aromatic heterocycles. The zero-order valence-electron chi connectivity index (χ0n) is 25.2. The number of Topliss-reactive ketones (excluding diaryl/α,β-unsaturated/α-hetero) is 1. The number of benzene rings is 2. The van der Waals surface area contributed by atoms with Crippen molar-refractivity contribution < 1.29 is 46.9 Å². The summed E-state index contributed by atoms with van der Waals surface area (Å²) in [5.74, 6) is -3.15. The Morgan fingerprint density at radius 3 is 2.00 bits per heavy atom. The van der Waals surface area contributed by atoms with Crippen LogP contribution in [0, 0.1) is 11.8 Å². The molecule has 0 fully saturated rings. The summed E-state index contributed by atoms with van der Waals surface area (Å²) in [6, 6.07) is 10.3. The van der Waals surface area contributed by atoms with Gasteiger partial charge in [-0.2, -0.15) is 13.2 Å². The molecule has 9 nitrogen and oxygen atoms in total. The van der Waals surface area contributed by atoms with Gasteiger partial charge in [-0.3, -0.25) is 9.59 Å². The van der Waals surface area contributed by atoms with Gasteiger partial charge in [0.05, 0.1) is 13.2 Å². The first-order chi connectivity index (χ1) is 19.9. The number of nitrogens with one attached hydrogen (secondary N) is 1. The van der Waals surface area contributed by atoms with E-state index in [4.69, 9.17) is 19.9 Å². The summed E-state index contributed by atoms with van der Waals surface area (Å²) in [6.45, 7) is 7.92. The molecule has 4 N–H and O–H groups in total. The number of halogens is 3. The van der Waals surface area contributed by atoms with Gasteiger partial charge < -0.3 is 30.4 Å². The van der Waals surface area contributed by atoms with Crippen LogP contribution in [0.25, 0.3) is 0 Å². The maximum atomic E-state index is 13.4. The van der Waals surface area contributed by atoms with Crippen LogP contribution in [0.4, 0.5) is 13.2 Å². The molecule has 0 aliphatic heterocycles. The molecule has 4 atom stereocenters. The molecule has 0 saturated heterocycles. The lowest BCUT2D eigenvalue weighted by atomic mass is 9.83. The van der Waals surface area contributed by atoms with E-state index in [1.807, 2.05) is 0 Å². The van der Waals surface area contributed by atoms with Gasteiger partial charge in [-0.15, -0.1) is 0 Å². The molecule has 0 unspecified atom stereocenters. The third kappa shape index (κ3) is 11.5. The van der Waals surface area contributed by atoms with Crippen molar-refractivity contribution in [2.75, 3.05) is 13.7 Å². The zero-order valence-corrected chi connectivity index (χ0v) is 25.2. The second-order valence-corrected chi connectivity index (χ2v) is 11.6. The molecule has 238 valence electrons. The number of esters is 1. The van der Waals surface area contributed by atoms with E-state index in [1.54, 1.807) is 57.2 Å². The van der Waals surface area contributed by atoms with Crippen LogP contribution < -0.4 is 20.5 Å². The standard InChI is InChI=1S/C31H41F3N2O7/c1-18(2)23(28(39)31(32,33)34)16-25(37)27(20-9-13-21(41-6)14-10-20)36-29(40)24(35)15-19-7-11-22(12-8-19)42-17-26(38)43-30(3,4)5/h7-14,18,23-24,27-28,39H,15-17,35H2,1-6H3,(H,36,40)/t23-,24-,27-,28-/m0/s1. The van der Waals surface area contributed by atoms with Crippen molar-refractivity contribution in [3.05, 3.63) is 59.7 Å². The minimum absolute atomic E-state index is 0.0725. The number of nitrogens with two attached hydrogens (primary N) is 1. The Balaban J connectivity index is 2.14. The van der Waals surface area contributed by atoms with Gasteiger partial charge in [0.1, 0.15) is 23.1 Å². The van der Waals surface area contributed by atoms with Crippen LogP contribution in [-0.4, -0.2) is 60.4 Å². The molecule has 2 aromatic rings. The lowest BCUT2D eigenvalue weighted by Crippen LogP contribution is -2.46. The van der Waals surface area contributed by atoms with Gasteiger partial charge in [-0.05, 0) is 68.5 Å². The summed E-state index contributed by atoms with van der Waals surface area (Å²) in [6.07, 6.45) is -8.17. The second-order valence-electron chi connectivity index (χ2n) is 11.6. The van der Waals surface area contributed by atoms with Crippen molar-refractivity contribution >= 4 is 17.7 Å². The van der Waals surface area contributed by atoms with E-state index in [2.05, 4.69) is 5.32 Å². The van der Waals surface area contributed by atoms with Gasteiger partial charge in [-0.1, -0.05) is 38.1 Å². The lowest BCUT2D eigenvalue weighted by molar-refractivity contribution is -0.224. The third-order valence-electron chi connectivity index (χ3n) is 6.58. The number of carbonyl (C=O) groups excluding carboxylic acids is 3.